The van der Waals surface area contributed by atoms with Crippen molar-refractivity contribution in [3.8, 4) is 11.5 Å². The molecule has 0 radical (unpaired) electrons. The Morgan fingerprint density at radius 1 is 0.852 bits per heavy atom. The highest BCUT2D eigenvalue weighted by Gasteiger charge is 2.09. The molecule has 0 heterocycles. The Kier molecular flexibility index (Phi) is 6.42. The van der Waals surface area contributed by atoms with Crippen molar-refractivity contribution in [1.82, 2.24) is 0 Å². The number of para-hydroxylation sites is 1. The molecule has 0 aliphatic rings. The van der Waals surface area contributed by atoms with E-state index >= 15 is 0 Å². The predicted molar refractivity (Wildman–Crippen MR) is 108 cm³/mol. The van der Waals surface area contributed by atoms with Crippen molar-refractivity contribution in [3.63, 3.8) is 0 Å². The van der Waals surface area contributed by atoms with E-state index in [-0.39, 0.29) is 5.78 Å². The van der Waals surface area contributed by atoms with Gasteiger partial charge in [0.1, 0.15) is 18.1 Å². The van der Waals surface area contributed by atoms with Crippen LogP contribution >= 0.6 is 0 Å². The van der Waals surface area contributed by atoms with Crippen LogP contribution in [-0.2, 0) is 6.61 Å². The van der Waals surface area contributed by atoms with Gasteiger partial charge in [0, 0.05) is 0 Å². The maximum absolute atomic E-state index is 12.6. The summed E-state index contributed by atoms with van der Waals surface area (Å²) in [4.78, 5) is 12.6. The molecule has 0 aromatic heterocycles. The number of ketones is 1. The largest absolute Gasteiger partial charge is 0.494 e. The fourth-order valence-electron chi connectivity index (χ4n) is 2.63. The van der Waals surface area contributed by atoms with Gasteiger partial charge in [-0.25, -0.2) is 0 Å². The second kappa shape index (κ2) is 9.39. The Bertz CT molecular complexity index is 896. The monoisotopic (exact) mass is 358 g/mol. The molecule has 0 fully saturated rings. The van der Waals surface area contributed by atoms with Crippen LogP contribution in [0.3, 0.4) is 0 Å². The van der Waals surface area contributed by atoms with Crippen LogP contribution in [0.5, 0.6) is 11.5 Å². The third-order valence-corrected chi connectivity index (χ3v) is 4.01. The molecule has 0 atom stereocenters. The van der Waals surface area contributed by atoms with Crippen LogP contribution in [0.15, 0.2) is 84.9 Å². The predicted octanol–water partition coefficient (Wildman–Crippen LogP) is 5.56. The quantitative estimate of drug-likeness (QED) is 0.391. The number of rotatable bonds is 8. The number of carbonyl (C=O) groups is 1. The molecule has 27 heavy (non-hydrogen) atoms. The first kappa shape index (κ1) is 18.5. The van der Waals surface area contributed by atoms with Gasteiger partial charge in [0.25, 0.3) is 0 Å². The lowest BCUT2D eigenvalue weighted by molar-refractivity contribution is 0.104. The molecule has 3 aromatic rings. The molecule has 136 valence electrons. The number of ether oxygens (including phenoxy) is 2. The summed E-state index contributed by atoms with van der Waals surface area (Å²) in [5, 5.41) is 0. The fraction of sp³-hybridized carbons (Fsp3) is 0.125. The SMILES string of the molecule is CCOc1ccc(/C=C\C(=O)c2ccccc2OCc2ccccc2)cc1. The van der Waals surface area contributed by atoms with E-state index in [1.165, 1.54) is 0 Å². The molecule has 3 rings (SSSR count). The third kappa shape index (κ3) is 5.32. The zero-order chi connectivity index (χ0) is 18.9. The van der Waals surface area contributed by atoms with Gasteiger partial charge in [-0.2, -0.15) is 0 Å². The van der Waals surface area contributed by atoms with E-state index in [9.17, 15) is 4.79 Å². The molecule has 3 nitrogen and oxygen atoms in total. The molecule has 3 aromatic carbocycles. The summed E-state index contributed by atoms with van der Waals surface area (Å²) in [5.74, 6) is 1.32. The normalized spacial score (nSPS) is 10.7. The van der Waals surface area contributed by atoms with Crippen LogP contribution in [0.2, 0.25) is 0 Å². The van der Waals surface area contributed by atoms with E-state index < -0.39 is 0 Å². The van der Waals surface area contributed by atoms with Gasteiger partial charge in [0.2, 0.25) is 0 Å². The Balaban J connectivity index is 1.69. The van der Waals surface area contributed by atoms with Gasteiger partial charge in [-0.3, -0.25) is 4.79 Å². The van der Waals surface area contributed by atoms with Crippen molar-refractivity contribution in [2.24, 2.45) is 0 Å². The van der Waals surface area contributed by atoms with E-state index in [0.29, 0.717) is 24.5 Å². The molecule has 0 aliphatic carbocycles. The standard InChI is InChI=1S/C24H22O3/c1-2-26-21-15-12-19(13-16-21)14-17-23(25)22-10-6-7-11-24(22)27-18-20-8-4-3-5-9-20/h3-17H,2,18H2,1H3/b17-14-. The number of carbonyl (C=O) groups excluding carboxylic acids is 1. The van der Waals surface area contributed by atoms with E-state index in [4.69, 9.17) is 9.47 Å². The second-order valence-electron chi connectivity index (χ2n) is 5.97. The first-order valence-electron chi connectivity index (χ1n) is 8.97. The Labute approximate surface area is 159 Å². The minimum Gasteiger partial charge on any atom is -0.494 e. The molecular formula is C24H22O3. The fourth-order valence-corrected chi connectivity index (χ4v) is 2.63. The molecule has 0 unspecified atom stereocenters. The molecule has 3 heteroatoms. The molecule has 0 amide bonds. The van der Waals surface area contributed by atoms with Gasteiger partial charge >= 0.3 is 0 Å². The average Bonchev–Trinajstić information content (AvgIpc) is 2.73. The highest BCUT2D eigenvalue weighted by molar-refractivity contribution is 6.08. The third-order valence-electron chi connectivity index (χ3n) is 4.01. The zero-order valence-electron chi connectivity index (χ0n) is 15.3. The molecule has 0 N–H and O–H groups in total. The van der Waals surface area contributed by atoms with E-state index in [1.54, 1.807) is 18.2 Å². The maximum atomic E-state index is 12.6. The topological polar surface area (TPSA) is 35.5 Å². The number of hydrogen-bond donors (Lipinski definition) is 0. The zero-order valence-corrected chi connectivity index (χ0v) is 15.3. The summed E-state index contributed by atoms with van der Waals surface area (Å²) < 4.78 is 11.3. The number of hydrogen-bond acceptors (Lipinski definition) is 3. The van der Waals surface area contributed by atoms with Crippen molar-refractivity contribution in [2.45, 2.75) is 13.5 Å². The highest BCUT2D eigenvalue weighted by atomic mass is 16.5. The van der Waals surface area contributed by atoms with E-state index in [1.807, 2.05) is 79.7 Å². The van der Waals surface area contributed by atoms with Gasteiger partial charge in [0.15, 0.2) is 5.78 Å². The van der Waals surface area contributed by atoms with Gasteiger partial charge in [0.05, 0.1) is 12.2 Å². The van der Waals surface area contributed by atoms with Crippen LogP contribution in [0.25, 0.3) is 6.08 Å². The molecular weight excluding hydrogens is 336 g/mol. The number of allylic oxidation sites excluding steroid dienone is 1. The summed E-state index contributed by atoms with van der Waals surface area (Å²) in [6, 6.07) is 24.8. The number of benzene rings is 3. The van der Waals surface area contributed by atoms with Crippen LogP contribution < -0.4 is 9.47 Å². The van der Waals surface area contributed by atoms with Crippen molar-refractivity contribution < 1.29 is 14.3 Å². The lowest BCUT2D eigenvalue weighted by Gasteiger charge is -2.09. The molecule has 0 saturated heterocycles. The van der Waals surface area contributed by atoms with E-state index in [0.717, 1.165) is 16.9 Å². The molecule has 0 aliphatic heterocycles. The van der Waals surface area contributed by atoms with Gasteiger partial charge in [-0.15, -0.1) is 0 Å². The molecule has 0 saturated carbocycles. The average molecular weight is 358 g/mol. The van der Waals surface area contributed by atoms with Gasteiger partial charge in [-0.05, 0) is 48.4 Å². The second-order valence-corrected chi connectivity index (χ2v) is 5.97. The van der Waals surface area contributed by atoms with E-state index in [2.05, 4.69) is 0 Å². The van der Waals surface area contributed by atoms with Crippen LogP contribution in [0, 0.1) is 0 Å². The maximum Gasteiger partial charge on any atom is 0.189 e. The Hall–Kier alpha value is -3.33. The molecule has 0 bridgehead atoms. The smallest absolute Gasteiger partial charge is 0.189 e. The lowest BCUT2D eigenvalue weighted by Crippen LogP contribution is -2.02. The van der Waals surface area contributed by atoms with Crippen molar-refractivity contribution in [3.05, 3.63) is 102 Å². The minimum atomic E-state index is -0.0902. The van der Waals surface area contributed by atoms with Crippen molar-refractivity contribution in [2.75, 3.05) is 6.61 Å². The first-order chi connectivity index (χ1) is 13.3. The summed E-state index contributed by atoms with van der Waals surface area (Å²) in [7, 11) is 0. The Morgan fingerprint density at radius 3 is 2.30 bits per heavy atom. The van der Waals surface area contributed by atoms with Gasteiger partial charge < -0.3 is 9.47 Å². The molecule has 0 spiro atoms. The summed E-state index contributed by atoms with van der Waals surface area (Å²) in [6.45, 7) is 3.00. The van der Waals surface area contributed by atoms with Crippen molar-refractivity contribution >= 4 is 11.9 Å². The lowest BCUT2D eigenvalue weighted by atomic mass is 10.1. The van der Waals surface area contributed by atoms with Crippen LogP contribution in [-0.4, -0.2) is 12.4 Å². The van der Waals surface area contributed by atoms with Crippen LogP contribution in [0.4, 0.5) is 0 Å². The van der Waals surface area contributed by atoms with Crippen molar-refractivity contribution in [1.29, 1.82) is 0 Å². The summed E-state index contributed by atoms with van der Waals surface area (Å²) in [6.07, 6.45) is 3.37. The minimum absolute atomic E-state index is 0.0902. The summed E-state index contributed by atoms with van der Waals surface area (Å²) in [5.41, 5.74) is 2.55. The van der Waals surface area contributed by atoms with Gasteiger partial charge in [-0.1, -0.05) is 60.7 Å². The summed E-state index contributed by atoms with van der Waals surface area (Å²) >= 11 is 0. The highest BCUT2D eigenvalue weighted by Crippen LogP contribution is 2.21. The van der Waals surface area contributed by atoms with Crippen LogP contribution in [0.1, 0.15) is 28.4 Å². The first-order valence-corrected chi connectivity index (χ1v) is 8.97. The Morgan fingerprint density at radius 2 is 1.56 bits per heavy atom.